The number of hydrogen-bond acceptors (Lipinski definition) is 5. The van der Waals surface area contributed by atoms with Crippen LogP contribution < -0.4 is 15.2 Å². The molecule has 35 heavy (non-hydrogen) atoms. The van der Waals surface area contributed by atoms with E-state index in [2.05, 4.69) is 0 Å². The van der Waals surface area contributed by atoms with Crippen LogP contribution in [0.2, 0.25) is 5.02 Å². The van der Waals surface area contributed by atoms with E-state index in [-0.39, 0.29) is 46.4 Å². The van der Waals surface area contributed by atoms with Gasteiger partial charge in [-0.15, -0.1) is 0 Å². The van der Waals surface area contributed by atoms with Gasteiger partial charge < -0.3 is 20.3 Å². The Bertz CT molecular complexity index is 1260. The minimum absolute atomic E-state index is 0.0195. The number of ether oxygens (including phenoxy) is 2. The average Bonchev–Trinajstić information content (AvgIpc) is 3.24. The molecule has 3 N–H and O–H groups in total. The van der Waals surface area contributed by atoms with Crippen LogP contribution in [-0.4, -0.2) is 24.9 Å². The van der Waals surface area contributed by atoms with Gasteiger partial charge in [0.2, 0.25) is 0 Å². The summed E-state index contributed by atoms with van der Waals surface area (Å²) >= 11 is 6.43. The van der Waals surface area contributed by atoms with Crippen molar-refractivity contribution in [2.45, 2.75) is 31.3 Å². The number of benzene rings is 3. The van der Waals surface area contributed by atoms with Crippen LogP contribution in [0.4, 0.5) is 8.78 Å². The molecule has 1 unspecified atom stereocenters. The predicted molar refractivity (Wildman–Crippen MR) is 129 cm³/mol. The van der Waals surface area contributed by atoms with Crippen molar-refractivity contribution in [2.24, 2.45) is 5.73 Å². The van der Waals surface area contributed by atoms with Gasteiger partial charge >= 0.3 is 0 Å². The van der Waals surface area contributed by atoms with Crippen molar-refractivity contribution in [1.82, 2.24) is 0 Å². The van der Waals surface area contributed by atoms with Crippen molar-refractivity contribution in [1.29, 1.82) is 5.26 Å². The number of nitrogens with zero attached hydrogens (tertiary/aromatic N) is 1. The van der Waals surface area contributed by atoms with Crippen molar-refractivity contribution in [3.63, 3.8) is 0 Å². The molecule has 0 aromatic heterocycles. The monoisotopic (exact) mass is 498 g/mol. The summed E-state index contributed by atoms with van der Waals surface area (Å²) in [6, 6.07) is 15.5. The molecule has 0 fully saturated rings. The van der Waals surface area contributed by atoms with Gasteiger partial charge in [0.15, 0.2) is 11.6 Å². The molecule has 0 spiro atoms. The quantitative estimate of drug-likeness (QED) is 0.381. The molecule has 8 heteroatoms. The van der Waals surface area contributed by atoms with Crippen LogP contribution >= 0.6 is 11.6 Å². The van der Waals surface area contributed by atoms with E-state index in [0.717, 1.165) is 18.4 Å². The zero-order valence-corrected chi connectivity index (χ0v) is 19.7. The highest BCUT2D eigenvalue weighted by Gasteiger charge is 2.43. The predicted octanol–water partition coefficient (Wildman–Crippen LogP) is 5.49. The highest BCUT2D eigenvalue weighted by molar-refractivity contribution is 6.34. The van der Waals surface area contributed by atoms with Crippen LogP contribution in [0.25, 0.3) is 11.1 Å². The first kappa shape index (κ1) is 24.9. The average molecular weight is 499 g/mol. The van der Waals surface area contributed by atoms with Crippen LogP contribution in [0, 0.1) is 23.0 Å². The second kappa shape index (κ2) is 10.6. The Balaban J connectivity index is 1.91. The molecule has 5 nitrogen and oxygen atoms in total. The molecule has 1 aliphatic heterocycles. The minimum Gasteiger partial charge on any atom is -0.488 e. The van der Waals surface area contributed by atoms with Crippen LogP contribution in [0.5, 0.6) is 11.5 Å². The summed E-state index contributed by atoms with van der Waals surface area (Å²) < 4.78 is 42.5. The number of halogens is 3. The van der Waals surface area contributed by atoms with Crippen LogP contribution in [-0.2, 0) is 12.0 Å². The summed E-state index contributed by atoms with van der Waals surface area (Å²) in [5.74, 6) is -1.55. The summed E-state index contributed by atoms with van der Waals surface area (Å²) in [4.78, 5) is 0. The summed E-state index contributed by atoms with van der Waals surface area (Å²) in [5.41, 5.74) is 6.20. The fourth-order valence-electron chi connectivity index (χ4n) is 4.60. The summed E-state index contributed by atoms with van der Waals surface area (Å²) in [5, 5.41) is 18.5. The van der Waals surface area contributed by atoms with E-state index in [1.165, 1.54) is 18.2 Å². The first-order valence-corrected chi connectivity index (χ1v) is 11.8. The molecule has 1 atom stereocenters. The van der Waals surface area contributed by atoms with Crippen LogP contribution in [0.3, 0.4) is 0 Å². The molecular weight excluding hydrogens is 474 g/mol. The zero-order chi connectivity index (χ0) is 25.0. The maximum Gasteiger partial charge on any atom is 0.174 e. The van der Waals surface area contributed by atoms with Gasteiger partial charge in [0.25, 0.3) is 0 Å². The molecule has 0 bridgehead atoms. The van der Waals surface area contributed by atoms with Gasteiger partial charge in [0.1, 0.15) is 23.8 Å². The lowest BCUT2D eigenvalue weighted by molar-refractivity contribution is 0.0793. The van der Waals surface area contributed by atoms with E-state index in [0.29, 0.717) is 24.9 Å². The SMILES string of the molecule is N#Cc1ccc(OCCO)c(F)c1-c1c(Cl)c(F)cc2c1CC(CCCCN)(c1ccccc1)O2. The number of nitrogens with two attached hydrogens (primary N) is 1. The van der Waals surface area contributed by atoms with E-state index in [1.54, 1.807) is 0 Å². The highest BCUT2D eigenvalue weighted by Crippen LogP contribution is 2.52. The molecule has 0 amide bonds. The maximum atomic E-state index is 15.7. The number of aliphatic hydroxyl groups is 1. The fourth-order valence-corrected chi connectivity index (χ4v) is 4.87. The molecule has 0 saturated carbocycles. The van der Waals surface area contributed by atoms with Gasteiger partial charge in [-0.1, -0.05) is 41.9 Å². The van der Waals surface area contributed by atoms with Crippen LogP contribution in [0.1, 0.15) is 36.0 Å². The molecule has 0 aliphatic carbocycles. The highest BCUT2D eigenvalue weighted by atomic mass is 35.5. The standard InChI is InChI=1S/C27H25ClF2N2O3/c28-25-20(29)14-22-19(15-27(35-22,10-4-5-11-31)18-6-2-1-3-7-18)24(25)23-17(16-32)8-9-21(26(23)30)34-13-12-33/h1-3,6-9,14,33H,4-5,10-13,15,31H2. The summed E-state index contributed by atoms with van der Waals surface area (Å²) in [6.07, 6.45) is 2.47. The van der Waals surface area contributed by atoms with E-state index < -0.39 is 17.2 Å². The Morgan fingerprint density at radius 3 is 2.60 bits per heavy atom. The van der Waals surface area contributed by atoms with Gasteiger partial charge in [-0.25, -0.2) is 8.78 Å². The molecule has 1 heterocycles. The third kappa shape index (κ3) is 4.70. The third-order valence-corrected chi connectivity index (χ3v) is 6.58. The Labute approximate surface area is 207 Å². The molecule has 0 saturated heterocycles. The van der Waals surface area contributed by atoms with Gasteiger partial charge in [0.05, 0.1) is 23.3 Å². The van der Waals surface area contributed by atoms with Gasteiger partial charge in [-0.2, -0.15) is 5.26 Å². The molecule has 182 valence electrons. The molecule has 4 rings (SSSR count). The lowest BCUT2D eigenvalue weighted by Crippen LogP contribution is -2.31. The van der Waals surface area contributed by atoms with E-state index in [4.69, 9.17) is 31.9 Å². The van der Waals surface area contributed by atoms with E-state index in [1.807, 2.05) is 36.4 Å². The lowest BCUT2D eigenvalue weighted by Gasteiger charge is -2.29. The third-order valence-electron chi connectivity index (χ3n) is 6.21. The number of hydrogen-bond donors (Lipinski definition) is 2. The number of nitriles is 1. The second-order valence-corrected chi connectivity index (χ2v) is 8.77. The fraction of sp³-hybridized carbons (Fsp3) is 0.296. The molecule has 3 aromatic carbocycles. The topological polar surface area (TPSA) is 88.5 Å². The largest absolute Gasteiger partial charge is 0.488 e. The normalized spacial score (nSPS) is 16.5. The Morgan fingerprint density at radius 1 is 1.14 bits per heavy atom. The number of aliphatic hydroxyl groups excluding tert-OH is 1. The second-order valence-electron chi connectivity index (χ2n) is 8.39. The molecule has 3 aromatic rings. The molecule has 1 aliphatic rings. The van der Waals surface area contributed by atoms with E-state index >= 15 is 8.78 Å². The number of unbranched alkanes of at least 4 members (excludes halogenated alkanes) is 1. The Hall–Kier alpha value is -3.18. The van der Waals surface area contributed by atoms with Crippen molar-refractivity contribution >= 4 is 11.6 Å². The summed E-state index contributed by atoms with van der Waals surface area (Å²) in [7, 11) is 0. The Morgan fingerprint density at radius 2 is 1.91 bits per heavy atom. The molecule has 0 radical (unpaired) electrons. The van der Waals surface area contributed by atoms with E-state index in [9.17, 15) is 5.26 Å². The smallest absolute Gasteiger partial charge is 0.174 e. The van der Waals surface area contributed by atoms with Crippen molar-refractivity contribution in [2.75, 3.05) is 19.8 Å². The van der Waals surface area contributed by atoms with Gasteiger partial charge in [-0.3, -0.25) is 0 Å². The minimum atomic E-state index is -0.854. The van der Waals surface area contributed by atoms with Crippen molar-refractivity contribution in [3.8, 4) is 28.7 Å². The Kier molecular flexibility index (Phi) is 7.56. The van der Waals surface area contributed by atoms with Crippen molar-refractivity contribution in [3.05, 3.63) is 81.9 Å². The molecular formula is C27H25ClF2N2O3. The van der Waals surface area contributed by atoms with Gasteiger partial charge in [-0.05, 0) is 43.5 Å². The summed E-state index contributed by atoms with van der Waals surface area (Å²) in [6.45, 7) is 0.0701. The number of fused-ring (bicyclic) bond motifs is 1. The zero-order valence-electron chi connectivity index (χ0n) is 19.0. The van der Waals surface area contributed by atoms with Gasteiger partial charge in [0, 0.05) is 29.2 Å². The lowest BCUT2D eigenvalue weighted by atomic mass is 9.82. The number of rotatable bonds is 9. The van der Waals surface area contributed by atoms with Crippen LogP contribution in [0.15, 0.2) is 48.5 Å². The first-order valence-electron chi connectivity index (χ1n) is 11.4. The first-order chi connectivity index (χ1) is 17.0. The van der Waals surface area contributed by atoms with Crippen molar-refractivity contribution < 1.29 is 23.4 Å². The maximum absolute atomic E-state index is 15.7.